The first-order valence-electron chi connectivity index (χ1n) is 19.9. The van der Waals surface area contributed by atoms with Gasteiger partial charge >= 0.3 is 0 Å². The van der Waals surface area contributed by atoms with Crippen molar-refractivity contribution in [2.75, 3.05) is 107 Å². The van der Waals surface area contributed by atoms with Gasteiger partial charge in [0.15, 0.2) is 0 Å². The van der Waals surface area contributed by atoms with Gasteiger partial charge in [-0.1, -0.05) is 0 Å². The molecule has 0 atom stereocenters. The highest BCUT2D eigenvalue weighted by Crippen LogP contribution is 2.24. The predicted octanol–water partition coefficient (Wildman–Crippen LogP) is 5.34. The van der Waals surface area contributed by atoms with Gasteiger partial charge < -0.3 is 28.7 Å². The van der Waals surface area contributed by atoms with Crippen LogP contribution in [0.1, 0.15) is 45.0 Å². The van der Waals surface area contributed by atoms with Gasteiger partial charge in [-0.3, -0.25) is 9.80 Å². The van der Waals surface area contributed by atoms with E-state index >= 15 is 0 Å². The van der Waals surface area contributed by atoms with Gasteiger partial charge in [0.1, 0.15) is 0 Å². The smallest absolute Gasteiger partial charge is 0.0892 e. The van der Waals surface area contributed by atoms with Gasteiger partial charge in [0, 0.05) is 52.4 Å². The molecular formula is C44H64N8O4. The molecule has 0 N–H and O–H groups in total. The Bertz CT molecular complexity index is 1570. The zero-order valence-corrected chi connectivity index (χ0v) is 35.1. The molecule has 1 fully saturated rings. The summed E-state index contributed by atoms with van der Waals surface area (Å²) in [6.45, 7) is 20.7. The second-order valence-corrected chi connectivity index (χ2v) is 15.5. The van der Waals surface area contributed by atoms with Crippen LogP contribution in [0.5, 0.6) is 0 Å². The third-order valence-corrected chi connectivity index (χ3v) is 9.56. The summed E-state index contributed by atoms with van der Waals surface area (Å²) >= 11 is 0. The number of likely N-dealkylation sites (N-methyl/N-ethyl adjacent to an activating group) is 2. The topological polar surface area (TPSA) is 101 Å². The van der Waals surface area contributed by atoms with Crippen molar-refractivity contribution in [1.82, 2.24) is 39.5 Å². The number of hydrogen-bond donors (Lipinski definition) is 0. The summed E-state index contributed by atoms with van der Waals surface area (Å²) in [6.07, 6.45) is 0. The lowest BCUT2D eigenvalue weighted by Crippen LogP contribution is -2.29. The predicted molar refractivity (Wildman–Crippen MR) is 222 cm³/mol. The molecule has 2 aliphatic heterocycles. The maximum Gasteiger partial charge on any atom is 0.0892 e. The van der Waals surface area contributed by atoms with E-state index in [9.17, 15) is 0 Å². The van der Waals surface area contributed by atoms with Crippen LogP contribution < -0.4 is 0 Å². The minimum atomic E-state index is 0.664. The zero-order valence-electron chi connectivity index (χ0n) is 35.1. The number of pyridine rings is 4. The average Bonchev–Trinajstić information content (AvgIpc) is 3.12. The lowest BCUT2D eigenvalue weighted by Gasteiger charge is -2.20. The second kappa shape index (κ2) is 22.3. The van der Waals surface area contributed by atoms with Crippen LogP contribution in [0.15, 0.2) is 48.5 Å². The quantitative estimate of drug-likeness (QED) is 0.231. The summed E-state index contributed by atoms with van der Waals surface area (Å²) in [4.78, 5) is 29.0. The van der Waals surface area contributed by atoms with Crippen molar-refractivity contribution in [1.29, 1.82) is 0 Å². The highest BCUT2D eigenvalue weighted by molar-refractivity contribution is 5.58. The first-order chi connectivity index (χ1) is 27.0. The van der Waals surface area contributed by atoms with Gasteiger partial charge in [-0.2, -0.15) is 0 Å². The van der Waals surface area contributed by atoms with Crippen molar-refractivity contribution in [2.45, 2.75) is 53.9 Å². The molecule has 4 aromatic rings. The summed E-state index contributed by atoms with van der Waals surface area (Å²) in [7, 11) is 8.39. The summed E-state index contributed by atoms with van der Waals surface area (Å²) in [5, 5.41) is 0. The van der Waals surface area contributed by atoms with Crippen LogP contribution in [0, 0.1) is 27.7 Å². The summed E-state index contributed by atoms with van der Waals surface area (Å²) in [6, 6.07) is 17.2. The Morgan fingerprint density at radius 3 is 0.804 bits per heavy atom. The van der Waals surface area contributed by atoms with Crippen molar-refractivity contribution in [3.05, 3.63) is 93.6 Å². The largest absolute Gasteiger partial charge is 0.378 e. The van der Waals surface area contributed by atoms with Crippen molar-refractivity contribution >= 4 is 0 Å². The number of aromatic nitrogens is 4. The standard InChI is InChI=1S/C30H34N6.C14H30N2O4/c1-19-7-23-15-35(5)16-25-9-21(3)13-29(33-25)30-14-22(4)10-26(34-30)18-36(6)17-24-8-20(2)12-28(32-24)27(11-19)31-23;1-15-3-7-17-11-13-19-9-5-16(2)6-10-20-14-12-18-8-4-15/h7-14H,15-18H2,1-6H3;3-14H2,1-2H3. The molecule has 4 aromatic heterocycles. The Balaban J connectivity index is 0.000000256. The fraction of sp³-hybridized carbons (Fsp3) is 0.545. The lowest BCUT2D eigenvalue weighted by atomic mass is 10.1. The number of fused-ring (bicyclic) bond motifs is 10. The van der Waals surface area contributed by atoms with Crippen LogP contribution in [0.2, 0.25) is 0 Å². The monoisotopic (exact) mass is 769 g/mol. The SMILES string of the molecule is CN1CCOCCOCCN(C)CCOCCOCC1.Cc1cc2nc(c1)-c1cc(C)cc(n1)CN(C)Cc1cc(C)cc(n1)-c1cc(C)cc(n1)CN(C)C2. The number of nitrogens with zero attached hydrogens (tertiary/aromatic N) is 8. The maximum atomic E-state index is 5.54. The first-order valence-corrected chi connectivity index (χ1v) is 19.9. The molecule has 0 aliphatic carbocycles. The van der Waals surface area contributed by atoms with Crippen LogP contribution in [-0.4, -0.2) is 147 Å². The molecule has 0 saturated carbocycles. The fourth-order valence-electron chi connectivity index (χ4n) is 6.77. The van der Waals surface area contributed by atoms with Gasteiger partial charge in [-0.05, 0) is 127 Å². The molecule has 12 nitrogen and oxygen atoms in total. The number of aryl methyl sites for hydroxylation is 4. The van der Waals surface area contributed by atoms with E-state index in [0.717, 1.165) is 124 Å². The molecular weight excluding hydrogens is 705 g/mol. The molecule has 8 bridgehead atoms. The molecule has 1 saturated heterocycles. The van der Waals surface area contributed by atoms with E-state index in [2.05, 4.69) is 124 Å². The minimum absolute atomic E-state index is 0.664. The van der Waals surface area contributed by atoms with Crippen LogP contribution in [0.25, 0.3) is 22.8 Å². The molecule has 6 rings (SSSR count). The molecule has 0 spiro atoms. The molecule has 0 aromatic carbocycles. The molecule has 6 heterocycles. The van der Waals surface area contributed by atoms with Crippen LogP contribution in [0.4, 0.5) is 0 Å². The van der Waals surface area contributed by atoms with Gasteiger partial charge in [0.2, 0.25) is 0 Å². The van der Waals surface area contributed by atoms with Crippen LogP contribution >= 0.6 is 0 Å². The summed E-state index contributed by atoms with van der Waals surface area (Å²) in [5.74, 6) is 0. The fourth-order valence-corrected chi connectivity index (χ4v) is 6.77. The van der Waals surface area contributed by atoms with Crippen molar-refractivity contribution in [3.63, 3.8) is 0 Å². The zero-order chi connectivity index (χ0) is 39.9. The summed E-state index contributed by atoms with van der Waals surface area (Å²) in [5.41, 5.74) is 12.6. The van der Waals surface area contributed by atoms with Gasteiger partial charge in [0.05, 0.1) is 98.4 Å². The highest BCUT2D eigenvalue weighted by Gasteiger charge is 2.15. The molecule has 56 heavy (non-hydrogen) atoms. The van der Waals surface area contributed by atoms with E-state index in [1.807, 2.05) is 0 Å². The number of rotatable bonds is 0. The molecule has 0 unspecified atom stereocenters. The number of hydrogen-bond acceptors (Lipinski definition) is 12. The third kappa shape index (κ3) is 15.0. The van der Waals surface area contributed by atoms with E-state index in [-0.39, 0.29) is 0 Å². The molecule has 2 aliphatic rings. The average molecular weight is 769 g/mol. The Kier molecular flexibility index (Phi) is 17.3. The van der Waals surface area contributed by atoms with E-state index < -0.39 is 0 Å². The van der Waals surface area contributed by atoms with Crippen molar-refractivity contribution in [2.24, 2.45) is 0 Å². The third-order valence-electron chi connectivity index (χ3n) is 9.56. The van der Waals surface area contributed by atoms with E-state index in [1.165, 1.54) is 22.3 Å². The van der Waals surface area contributed by atoms with Crippen LogP contribution in [0.3, 0.4) is 0 Å². The highest BCUT2D eigenvalue weighted by atomic mass is 16.5. The van der Waals surface area contributed by atoms with Crippen molar-refractivity contribution in [3.8, 4) is 22.8 Å². The Labute approximate surface area is 335 Å². The van der Waals surface area contributed by atoms with Gasteiger partial charge in [-0.25, -0.2) is 19.9 Å². The Hall–Kier alpha value is -3.72. The van der Waals surface area contributed by atoms with E-state index in [0.29, 0.717) is 26.4 Å². The molecule has 0 radical (unpaired) electrons. The van der Waals surface area contributed by atoms with E-state index in [1.54, 1.807) is 0 Å². The normalized spacial score (nSPS) is 18.4. The molecule has 12 heteroatoms. The minimum Gasteiger partial charge on any atom is -0.378 e. The Morgan fingerprint density at radius 2 is 0.571 bits per heavy atom. The number of ether oxygens (including phenoxy) is 4. The second-order valence-electron chi connectivity index (χ2n) is 15.5. The van der Waals surface area contributed by atoms with Crippen molar-refractivity contribution < 1.29 is 18.9 Å². The van der Waals surface area contributed by atoms with Crippen LogP contribution in [-0.2, 0) is 45.1 Å². The summed E-state index contributed by atoms with van der Waals surface area (Å²) < 4.78 is 22.1. The Morgan fingerprint density at radius 1 is 0.339 bits per heavy atom. The first kappa shape index (κ1) is 43.4. The van der Waals surface area contributed by atoms with Gasteiger partial charge in [-0.15, -0.1) is 0 Å². The molecule has 0 amide bonds. The molecule has 304 valence electrons. The van der Waals surface area contributed by atoms with E-state index in [4.69, 9.17) is 38.9 Å². The van der Waals surface area contributed by atoms with Gasteiger partial charge in [0.25, 0.3) is 0 Å². The lowest BCUT2D eigenvalue weighted by molar-refractivity contribution is 0.0137. The maximum absolute atomic E-state index is 5.54.